The Bertz CT molecular complexity index is 3450. The van der Waals surface area contributed by atoms with Crippen LogP contribution in [0.15, 0.2) is 53.5 Å². The highest BCUT2D eigenvalue weighted by molar-refractivity contribution is 6.02. The van der Waals surface area contributed by atoms with E-state index in [2.05, 4.69) is 20.1 Å². The molecule has 21 heteroatoms. The number of β-amino-alcohol motifs (C(OH)–C–C–N with tert-alkyl or cyclic N) is 1. The molecule has 3 aromatic heterocycles. The molecule has 0 saturated carbocycles. The number of fused-ring (bicyclic) bond motifs is 4. The van der Waals surface area contributed by atoms with Crippen molar-refractivity contribution in [1.82, 2.24) is 39.2 Å². The number of aromatic hydroxyl groups is 1. The number of imide groups is 1. The number of pyridine rings is 1. The average Bonchev–Trinajstić information content (AvgIpc) is 4.32. The fourth-order valence-electron chi connectivity index (χ4n) is 13.7. The van der Waals surface area contributed by atoms with E-state index in [0.717, 1.165) is 69.4 Å². The van der Waals surface area contributed by atoms with Gasteiger partial charge in [-0.1, -0.05) is 13.0 Å². The summed E-state index contributed by atoms with van der Waals surface area (Å²) in [5, 5.41) is 25.6. The van der Waals surface area contributed by atoms with Crippen LogP contribution in [0.25, 0.3) is 44.0 Å². The Morgan fingerprint density at radius 2 is 1.65 bits per heavy atom. The summed E-state index contributed by atoms with van der Waals surface area (Å²) in [4.78, 5) is 73.9. The second-order valence-corrected chi connectivity index (χ2v) is 22.9. The van der Waals surface area contributed by atoms with Gasteiger partial charge in [-0.3, -0.25) is 33.9 Å². The first-order valence-corrected chi connectivity index (χ1v) is 28.1. The number of carbonyl (C=O) groups is 3. The van der Waals surface area contributed by atoms with Gasteiger partial charge in [0.2, 0.25) is 11.8 Å². The largest absolute Gasteiger partial charge is 0.508 e. The number of ether oxygens (including phenoxy) is 3. The van der Waals surface area contributed by atoms with E-state index in [9.17, 15) is 29.4 Å². The van der Waals surface area contributed by atoms with Crippen LogP contribution < -0.4 is 25.5 Å². The maximum absolute atomic E-state index is 17.3. The van der Waals surface area contributed by atoms with Gasteiger partial charge in [-0.05, 0) is 143 Å². The normalized spacial score (nSPS) is 24.5. The number of anilines is 2. The molecule has 6 aliphatic heterocycles. The first-order valence-electron chi connectivity index (χ1n) is 28.1. The smallest absolute Gasteiger partial charge is 0.409 e. The second-order valence-electron chi connectivity index (χ2n) is 22.9. The number of rotatable bonds is 12. The second kappa shape index (κ2) is 20.9. The number of carbonyl (C=O) groups excluding carboxylic acids is 3. The average molecular weight is 1090 g/mol. The summed E-state index contributed by atoms with van der Waals surface area (Å²) < 4.78 is 54.8. The van der Waals surface area contributed by atoms with Crippen molar-refractivity contribution in [2.24, 2.45) is 7.05 Å². The summed E-state index contributed by atoms with van der Waals surface area (Å²) >= 11 is 0. The standard InChI is InChI=1S/C58H68F2N10O9/c1-4-40-43(59)9-7-34-27-37(71)29-41(48(34)40)50-49(60)51-42(30-61-50)52(68-21-5-18-57(2,76)32-68)64-54(63-51)78-33-58-19-6-22-69(58)36(13-20-58)31-77-56(75)67-25-16-39(17-26-67)79-38-14-23-66(24-15-38)35-8-10-44-46(28-35)65(3)55(74)70(44)45-11-12-47(72)62-53(45)73/h7-10,27-30,36,38-39,45,71,76H,4-6,11-26,31-33H2,1-3H3,(H,62,72,73)/t36-,45?,57+,58-/m0/s1. The maximum Gasteiger partial charge on any atom is 0.409 e. The molecule has 9 heterocycles. The van der Waals surface area contributed by atoms with Gasteiger partial charge < -0.3 is 39.1 Å². The molecule has 79 heavy (non-hydrogen) atoms. The van der Waals surface area contributed by atoms with Crippen molar-refractivity contribution >= 4 is 62.1 Å². The molecule has 3 N–H and O–H groups in total. The Balaban J connectivity index is 0.664. The molecule has 0 bridgehead atoms. The summed E-state index contributed by atoms with van der Waals surface area (Å²) in [5.74, 6) is -1.71. The number of nitrogens with zero attached hydrogens (tertiary/aromatic N) is 9. The summed E-state index contributed by atoms with van der Waals surface area (Å²) in [6, 6.07) is 10.9. The molecule has 12 rings (SSSR count). The Morgan fingerprint density at radius 1 is 0.873 bits per heavy atom. The van der Waals surface area contributed by atoms with E-state index in [1.807, 2.05) is 30.0 Å². The van der Waals surface area contributed by atoms with Crippen LogP contribution in [0.2, 0.25) is 0 Å². The summed E-state index contributed by atoms with van der Waals surface area (Å²) in [7, 11) is 1.70. The lowest BCUT2D eigenvalue weighted by atomic mass is 9.94. The Kier molecular flexibility index (Phi) is 14.0. The fraction of sp³-hybridized carbons (Fsp3) is 0.534. The molecule has 0 aliphatic carbocycles. The summed E-state index contributed by atoms with van der Waals surface area (Å²) in [6.07, 6.45) is 9.84. The third-order valence-electron chi connectivity index (χ3n) is 17.8. The van der Waals surface area contributed by atoms with Gasteiger partial charge in [0.1, 0.15) is 47.9 Å². The molecule has 6 aromatic rings. The van der Waals surface area contributed by atoms with Gasteiger partial charge in [-0.15, -0.1) is 0 Å². The Morgan fingerprint density at radius 3 is 2.41 bits per heavy atom. The molecule has 418 valence electrons. The number of benzene rings is 3. The van der Waals surface area contributed by atoms with Gasteiger partial charge in [0.05, 0.1) is 39.8 Å². The molecule has 0 spiro atoms. The number of hydrogen-bond donors (Lipinski definition) is 3. The lowest BCUT2D eigenvalue weighted by Crippen LogP contribution is -2.49. The van der Waals surface area contributed by atoms with E-state index in [-0.39, 0.29) is 103 Å². The van der Waals surface area contributed by atoms with Crippen molar-refractivity contribution < 1.29 is 47.6 Å². The van der Waals surface area contributed by atoms with Crippen molar-refractivity contribution in [2.45, 2.75) is 133 Å². The van der Waals surface area contributed by atoms with Crippen LogP contribution in [0, 0.1) is 11.6 Å². The number of aryl methyl sites for hydroxylation is 2. The van der Waals surface area contributed by atoms with E-state index in [1.165, 1.54) is 29.0 Å². The van der Waals surface area contributed by atoms with Crippen molar-refractivity contribution in [2.75, 3.05) is 68.8 Å². The molecule has 6 saturated heterocycles. The number of aliphatic hydroxyl groups is 1. The van der Waals surface area contributed by atoms with Gasteiger partial charge in [0.15, 0.2) is 5.82 Å². The van der Waals surface area contributed by atoms with Crippen molar-refractivity contribution in [3.8, 4) is 23.0 Å². The molecule has 0 radical (unpaired) electrons. The highest BCUT2D eigenvalue weighted by Crippen LogP contribution is 2.44. The van der Waals surface area contributed by atoms with E-state index in [1.54, 1.807) is 29.5 Å². The van der Waals surface area contributed by atoms with Crippen LogP contribution in [-0.2, 0) is 32.5 Å². The molecule has 3 aromatic carbocycles. The van der Waals surface area contributed by atoms with Crippen LogP contribution in [0.1, 0.15) is 103 Å². The summed E-state index contributed by atoms with van der Waals surface area (Å²) in [6.45, 7) is 8.31. The molecule has 1 unspecified atom stereocenters. The zero-order valence-corrected chi connectivity index (χ0v) is 45.0. The third kappa shape index (κ3) is 9.89. The van der Waals surface area contributed by atoms with Crippen LogP contribution in [0.4, 0.5) is 25.1 Å². The van der Waals surface area contributed by atoms with Crippen LogP contribution >= 0.6 is 0 Å². The molecular weight excluding hydrogens is 1020 g/mol. The minimum absolute atomic E-state index is 0.0146. The fourth-order valence-corrected chi connectivity index (χ4v) is 13.7. The number of hydrogen-bond acceptors (Lipinski definition) is 15. The van der Waals surface area contributed by atoms with Crippen LogP contribution in [-0.4, -0.2) is 150 Å². The van der Waals surface area contributed by atoms with E-state index < -0.39 is 29.2 Å². The lowest BCUT2D eigenvalue weighted by molar-refractivity contribution is -0.135. The van der Waals surface area contributed by atoms with Crippen molar-refractivity contribution in [3.05, 3.63) is 76.3 Å². The SMILES string of the molecule is CCc1c(F)ccc2cc(O)cc(-c3ncc4c(N5CCC[C@@](C)(O)C5)nc(OC[C@@]56CCCN5[C@H](COC(=O)N5CCC(OC7CCN(c8ccc9c(c8)n(C)c(=O)n9C8CCC(=O)NC8=O)CC7)CC5)CC6)nc4c3F)c12. The number of piperidine rings is 4. The molecule has 6 fully saturated rings. The van der Waals surface area contributed by atoms with Crippen molar-refractivity contribution in [3.63, 3.8) is 0 Å². The molecule has 4 atom stereocenters. The zero-order valence-electron chi connectivity index (χ0n) is 45.0. The number of imidazole rings is 1. The molecule has 3 amide bonds. The predicted octanol–water partition coefficient (Wildman–Crippen LogP) is 7.04. The van der Waals surface area contributed by atoms with Gasteiger partial charge >= 0.3 is 17.8 Å². The molecular formula is C58H68F2N10O9. The third-order valence-corrected chi connectivity index (χ3v) is 17.8. The van der Waals surface area contributed by atoms with E-state index in [0.29, 0.717) is 84.8 Å². The van der Waals surface area contributed by atoms with Crippen LogP contribution in [0.3, 0.4) is 0 Å². The Hall–Kier alpha value is -6.97. The number of phenols is 1. The predicted molar refractivity (Wildman–Crippen MR) is 291 cm³/mol. The maximum atomic E-state index is 17.3. The summed E-state index contributed by atoms with van der Waals surface area (Å²) in [5.41, 5.74) is 1.18. The van der Waals surface area contributed by atoms with Gasteiger partial charge in [-0.2, -0.15) is 9.97 Å². The zero-order chi connectivity index (χ0) is 54.9. The monoisotopic (exact) mass is 1090 g/mol. The van der Waals surface area contributed by atoms with Gasteiger partial charge in [-0.25, -0.2) is 18.4 Å². The van der Waals surface area contributed by atoms with Crippen LogP contribution in [0.5, 0.6) is 11.8 Å². The first kappa shape index (κ1) is 52.7. The number of aromatic nitrogens is 5. The minimum atomic E-state index is -1.01. The minimum Gasteiger partial charge on any atom is -0.508 e. The Labute approximate surface area is 455 Å². The van der Waals surface area contributed by atoms with Gasteiger partial charge in [0, 0.05) is 76.2 Å². The number of halogens is 2. The number of nitrogens with one attached hydrogen (secondary N) is 1. The molecule has 6 aliphatic rings. The highest BCUT2D eigenvalue weighted by atomic mass is 19.1. The quantitative estimate of drug-likeness (QED) is 0.105. The van der Waals surface area contributed by atoms with Gasteiger partial charge in [0.25, 0.3) is 0 Å². The van der Waals surface area contributed by atoms with E-state index in [4.69, 9.17) is 24.2 Å². The highest BCUT2D eigenvalue weighted by Gasteiger charge is 2.50. The topological polar surface area (TPSA) is 210 Å². The first-order chi connectivity index (χ1) is 38.1. The van der Waals surface area contributed by atoms with E-state index >= 15 is 8.78 Å². The lowest BCUT2D eigenvalue weighted by Gasteiger charge is -2.38. The molecule has 19 nitrogen and oxygen atoms in total. The number of likely N-dealkylation sites (tertiary alicyclic amines) is 1. The van der Waals surface area contributed by atoms with Crippen molar-refractivity contribution in [1.29, 1.82) is 0 Å². The number of amides is 3. The number of phenolic OH excluding ortho intramolecular Hbond substituents is 1.